The summed E-state index contributed by atoms with van der Waals surface area (Å²) in [4.78, 5) is 18.5. The molecule has 1 amide bonds. The number of hydrogen-bond donors (Lipinski definition) is 2. The standard InChI is InChI=1S/C14H25N5O/c1-9(2)12-16-13(18-17-12)14(20)19(4)11-7-5-10(15-3)6-8-11/h9-11,15H,5-8H2,1-4H3,(H,16,17,18). The molecule has 1 aromatic heterocycles. The van der Waals surface area contributed by atoms with Gasteiger partial charge in [0.2, 0.25) is 5.82 Å². The second kappa shape index (κ2) is 6.35. The first-order valence-electron chi connectivity index (χ1n) is 7.39. The molecule has 6 nitrogen and oxygen atoms in total. The highest BCUT2D eigenvalue weighted by Crippen LogP contribution is 2.23. The Morgan fingerprint density at radius 3 is 2.50 bits per heavy atom. The molecule has 1 fully saturated rings. The molecule has 1 saturated carbocycles. The minimum atomic E-state index is -0.0824. The lowest BCUT2D eigenvalue weighted by Crippen LogP contribution is -2.42. The molecule has 0 atom stereocenters. The van der Waals surface area contributed by atoms with Crippen LogP contribution in [0.5, 0.6) is 0 Å². The van der Waals surface area contributed by atoms with Gasteiger partial charge in [0, 0.05) is 25.0 Å². The molecule has 6 heteroatoms. The summed E-state index contributed by atoms with van der Waals surface area (Å²) >= 11 is 0. The molecule has 0 aromatic carbocycles. The summed E-state index contributed by atoms with van der Waals surface area (Å²) in [6.45, 7) is 4.05. The number of amides is 1. The highest BCUT2D eigenvalue weighted by molar-refractivity contribution is 5.90. The molecule has 2 rings (SSSR count). The van der Waals surface area contributed by atoms with Crippen LogP contribution in [-0.4, -0.2) is 52.2 Å². The minimum Gasteiger partial charge on any atom is -0.336 e. The minimum absolute atomic E-state index is 0.0824. The smallest absolute Gasteiger partial charge is 0.293 e. The quantitative estimate of drug-likeness (QED) is 0.876. The number of carbonyl (C=O) groups excluding carboxylic acids is 1. The number of aromatic nitrogens is 3. The van der Waals surface area contributed by atoms with Crippen LogP contribution in [0, 0.1) is 0 Å². The Morgan fingerprint density at radius 1 is 1.35 bits per heavy atom. The molecule has 0 saturated heterocycles. The van der Waals surface area contributed by atoms with E-state index in [0.717, 1.165) is 31.5 Å². The molecule has 0 spiro atoms. The largest absolute Gasteiger partial charge is 0.336 e. The normalized spacial score (nSPS) is 23.1. The van der Waals surface area contributed by atoms with Gasteiger partial charge in [-0.3, -0.25) is 9.89 Å². The lowest BCUT2D eigenvalue weighted by Gasteiger charge is -2.34. The second-order valence-electron chi connectivity index (χ2n) is 5.91. The van der Waals surface area contributed by atoms with Crippen LogP contribution in [0.2, 0.25) is 0 Å². The third-order valence-corrected chi connectivity index (χ3v) is 4.21. The number of aromatic amines is 1. The van der Waals surface area contributed by atoms with Crippen LogP contribution < -0.4 is 5.32 Å². The van der Waals surface area contributed by atoms with Gasteiger partial charge in [-0.25, -0.2) is 4.98 Å². The summed E-state index contributed by atoms with van der Waals surface area (Å²) in [6.07, 6.45) is 4.30. The van der Waals surface area contributed by atoms with Gasteiger partial charge in [0.25, 0.3) is 5.91 Å². The Kier molecular flexibility index (Phi) is 4.75. The molecular formula is C14H25N5O. The molecule has 112 valence electrons. The Morgan fingerprint density at radius 2 is 2.00 bits per heavy atom. The number of nitrogens with one attached hydrogen (secondary N) is 2. The first-order chi connectivity index (χ1) is 9.52. The fraction of sp³-hybridized carbons (Fsp3) is 0.786. The fourth-order valence-electron chi connectivity index (χ4n) is 2.70. The Bertz CT molecular complexity index is 448. The average molecular weight is 279 g/mol. The van der Waals surface area contributed by atoms with E-state index in [-0.39, 0.29) is 17.6 Å². The van der Waals surface area contributed by atoms with Crippen molar-refractivity contribution in [1.82, 2.24) is 25.4 Å². The first kappa shape index (κ1) is 15.0. The zero-order chi connectivity index (χ0) is 14.7. The molecule has 1 aliphatic carbocycles. The van der Waals surface area contributed by atoms with Gasteiger partial charge in [-0.05, 0) is 32.7 Å². The van der Waals surface area contributed by atoms with Crippen molar-refractivity contribution in [1.29, 1.82) is 0 Å². The van der Waals surface area contributed by atoms with Crippen LogP contribution in [0.1, 0.15) is 61.9 Å². The molecule has 20 heavy (non-hydrogen) atoms. The van der Waals surface area contributed by atoms with E-state index < -0.39 is 0 Å². The summed E-state index contributed by atoms with van der Waals surface area (Å²) in [5.74, 6) is 1.22. The maximum atomic E-state index is 12.4. The monoisotopic (exact) mass is 279 g/mol. The van der Waals surface area contributed by atoms with Crippen LogP contribution in [-0.2, 0) is 0 Å². The highest BCUT2D eigenvalue weighted by Gasteiger charge is 2.28. The van der Waals surface area contributed by atoms with E-state index in [1.165, 1.54) is 0 Å². The Hall–Kier alpha value is -1.43. The van der Waals surface area contributed by atoms with E-state index in [2.05, 4.69) is 20.5 Å². The third-order valence-electron chi connectivity index (χ3n) is 4.21. The summed E-state index contributed by atoms with van der Waals surface area (Å²) < 4.78 is 0. The Labute approximate surface area is 120 Å². The number of hydrogen-bond acceptors (Lipinski definition) is 4. The second-order valence-corrected chi connectivity index (χ2v) is 5.91. The van der Waals surface area contributed by atoms with E-state index in [1.807, 2.05) is 27.9 Å². The number of nitrogens with zero attached hydrogens (tertiary/aromatic N) is 3. The van der Waals surface area contributed by atoms with Crippen molar-refractivity contribution in [2.24, 2.45) is 0 Å². The van der Waals surface area contributed by atoms with Crippen molar-refractivity contribution in [3.05, 3.63) is 11.6 Å². The lowest BCUT2D eigenvalue weighted by molar-refractivity contribution is 0.0673. The van der Waals surface area contributed by atoms with Crippen LogP contribution in [0.4, 0.5) is 0 Å². The van der Waals surface area contributed by atoms with Crippen LogP contribution >= 0.6 is 0 Å². The van der Waals surface area contributed by atoms with E-state index >= 15 is 0 Å². The topological polar surface area (TPSA) is 73.9 Å². The van der Waals surface area contributed by atoms with Gasteiger partial charge >= 0.3 is 0 Å². The number of H-pyrrole nitrogens is 1. The first-order valence-corrected chi connectivity index (χ1v) is 7.39. The van der Waals surface area contributed by atoms with Gasteiger partial charge in [0.05, 0.1) is 0 Å². The summed E-state index contributed by atoms with van der Waals surface area (Å²) in [7, 11) is 3.86. The van der Waals surface area contributed by atoms with Crippen molar-refractivity contribution in [3.63, 3.8) is 0 Å². The molecular weight excluding hydrogens is 254 g/mol. The lowest BCUT2D eigenvalue weighted by atomic mass is 9.90. The molecule has 1 heterocycles. The molecule has 0 aliphatic heterocycles. The van der Waals surface area contributed by atoms with Gasteiger partial charge in [0.1, 0.15) is 5.82 Å². The Balaban J connectivity index is 1.97. The predicted molar refractivity (Wildman–Crippen MR) is 77.7 cm³/mol. The molecule has 0 bridgehead atoms. The SMILES string of the molecule is CNC1CCC(N(C)C(=O)c2n[nH]c(C(C)C)n2)CC1. The molecule has 1 aliphatic rings. The number of rotatable bonds is 4. The average Bonchev–Trinajstić information content (AvgIpc) is 2.96. The zero-order valence-corrected chi connectivity index (χ0v) is 12.8. The van der Waals surface area contributed by atoms with Gasteiger partial charge < -0.3 is 10.2 Å². The van der Waals surface area contributed by atoms with Gasteiger partial charge in [-0.1, -0.05) is 13.8 Å². The van der Waals surface area contributed by atoms with Crippen molar-refractivity contribution >= 4 is 5.91 Å². The summed E-state index contributed by atoms with van der Waals surface area (Å²) in [5.41, 5.74) is 0. The maximum absolute atomic E-state index is 12.4. The van der Waals surface area contributed by atoms with Crippen molar-refractivity contribution in [3.8, 4) is 0 Å². The third kappa shape index (κ3) is 3.17. The summed E-state index contributed by atoms with van der Waals surface area (Å²) in [5, 5.41) is 10.2. The van der Waals surface area contributed by atoms with Crippen molar-refractivity contribution < 1.29 is 4.79 Å². The zero-order valence-electron chi connectivity index (χ0n) is 12.8. The molecule has 0 unspecified atom stereocenters. The van der Waals surface area contributed by atoms with E-state index in [1.54, 1.807) is 4.90 Å². The maximum Gasteiger partial charge on any atom is 0.293 e. The fourth-order valence-corrected chi connectivity index (χ4v) is 2.70. The molecule has 2 N–H and O–H groups in total. The van der Waals surface area contributed by atoms with E-state index in [0.29, 0.717) is 12.1 Å². The van der Waals surface area contributed by atoms with Crippen LogP contribution in [0.3, 0.4) is 0 Å². The van der Waals surface area contributed by atoms with Crippen molar-refractivity contribution in [2.45, 2.75) is 57.5 Å². The predicted octanol–water partition coefficient (Wildman–Crippen LogP) is 1.53. The van der Waals surface area contributed by atoms with Crippen LogP contribution in [0.25, 0.3) is 0 Å². The summed E-state index contributed by atoms with van der Waals surface area (Å²) in [6, 6.07) is 0.888. The van der Waals surface area contributed by atoms with Gasteiger partial charge in [-0.15, -0.1) is 5.10 Å². The number of carbonyl (C=O) groups is 1. The molecule has 1 aromatic rings. The highest BCUT2D eigenvalue weighted by atomic mass is 16.2. The van der Waals surface area contributed by atoms with E-state index in [4.69, 9.17) is 0 Å². The van der Waals surface area contributed by atoms with Crippen LogP contribution in [0.15, 0.2) is 0 Å². The van der Waals surface area contributed by atoms with Crippen molar-refractivity contribution in [2.75, 3.05) is 14.1 Å². The van der Waals surface area contributed by atoms with Gasteiger partial charge in [0.15, 0.2) is 0 Å². The van der Waals surface area contributed by atoms with E-state index in [9.17, 15) is 4.79 Å². The molecule has 0 radical (unpaired) electrons. The van der Waals surface area contributed by atoms with Gasteiger partial charge in [-0.2, -0.15) is 0 Å².